The van der Waals surface area contributed by atoms with Gasteiger partial charge in [-0.05, 0) is 0 Å². The largest absolute Gasteiger partial charge is 0.493 e. The highest BCUT2D eigenvalue weighted by Gasteiger charge is 2.15. The van der Waals surface area contributed by atoms with Crippen LogP contribution in [0.15, 0.2) is 72.8 Å². The Morgan fingerprint density at radius 1 is 0.577 bits per heavy atom. The fraction of sp³-hybridized carbons (Fsp3) is 0.0909. The van der Waals surface area contributed by atoms with Crippen LogP contribution in [0.25, 0.3) is 33.5 Å². The molecule has 0 saturated heterocycles. The fourth-order valence-corrected chi connectivity index (χ4v) is 2.98. The Morgan fingerprint density at radius 2 is 0.962 bits per heavy atom. The molecule has 4 heteroatoms. The van der Waals surface area contributed by atoms with Gasteiger partial charge in [0.2, 0.25) is 0 Å². The van der Waals surface area contributed by atoms with Crippen molar-refractivity contribution in [1.29, 1.82) is 0 Å². The van der Waals surface area contributed by atoms with Crippen LogP contribution in [0.4, 0.5) is 0 Å². The number of nitrogens with zero attached hydrogens (tertiary/aromatic N) is 2. The summed E-state index contributed by atoms with van der Waals surface area (Å²) in [4.78, 5) is 9.82. The number of ether oxygens (including phenoxy) is 2. The minimum absolute atomic E-state index is 0.640. The van der Waals surface area contributed by atoms with Gasteiger partial charge >= 0.3 is 0 Å². The van der Waals surface area contributed by atoms with Gasteiger partial charge in [0.1, 0.15) is 0 Å². The van der Waals surface area contributed by atoms with Crippen molar-refractivity contribution in [3.8, 4) is 34.0 Å². The molecule has 0 aliphatic rings. The van der Waals surface area contributed by atoms with Crippen LogP contribution in [-0.2, 0) is 0 Å². The summed E-state index contributed by atoms with van der Waals surface area (Å²) in [5.74, 6) is 1.28. The monoisotopic (exact) mass is 342 g/mol. The fourth-order valence-electron chi connectivity index (χ4n) is 2.98. The van der Waals surface area contributed by atoms with Gasteiger partial charge in [-0.1, -0.05) is 60.7 Å². The van der Waals surface area contributed by atoms with E-state index in [4.69, 9.17) is 19.4 Å². The highest BCUT2D eigenvalue weighted by atomic mass is 16.5. The molecule has 0 aliphatic carbocycles. The molecule has 1 heterocycles. The summed E-state index contributed by atoms with van der Waals surface area (Å²) >= 11 is 0. The molecule has 0 spiro atoms. The first-order valence-corrected chi connectivity index (χ1v) is 8.35. The molecule has 3 aromatic carbocycles. The smallest absolute Gasteiger partial charge is 0.163 e. The van der Waals surface area contributed by atoms with E-state index in [2.05, 4.69) is 0 Å². The van der Waals surface area contributed by atoms with Gasteiger partial charge in [0.25, 0.3) is 0 Å². The van der Waals surface area contributed by atoms with Crippen LogP contribution in [-0.4, -0.2) is 24.2 Å². The van der Waals surface area contributed by atoms with Crippen LogP contribution in [0.2, 0.25) is 0 Å². The highest BCUT2D eigenvalue weighted by Crippen LogP contribution is 2.35. The lowest BCUT2D eigenvalue weighted by atomic mass is 10.0. The van der Waals surface area contributed by atoms with Crippen molar-refractivity contribution in [2.45, 2.75) is 0 Å². The molecule has 0 unspecified atom stereocenters. The van der Waals surface area contributed by atoms with Gasteiger partial charge in [0, 0.05) is 23.3 Å². The number of hydrogen-bond acceptors (Lipinski definition) is 4. The Morgan fingerprint density at radius 3 is 1.31 bits per heavy atom. The molecule has 1 aromatic heterocycles. The zero-order chi connectivity index (χ0) is 17.9. The standard InChI is InChI=1S/C22H18N2O2/c1-25-19-13-17-18(14-20(19)26-2)24-22(16-11-7-4-8-12-16)21(23-17)15-9-5-3-6-10-15/h3-14H,1-2H3. The normalized spacial score (nSPS) is 10.7. The number of fused-ring (bicyclic) bond motifs is 1. The van der Waals surface area contributed by atoms with Crippen molar-refractivity contribution in [2.75, 3.05) is 14.2 Å². The molecule has 0 bridgehead atoms. The number of rotatable bonds is 4. The van der Waals surface area contributed by atoms with Crippen LogP contribution >= 0.6 is 0 Å². The maximum absolute atomic E-state index is 5.41. The molecule has 4 nitrogen and oxygen atoms in total. The van der Waals surface area contributed by atoms with Crippen molar-refractivity contribution in [2.24, 2.45) is 0 Å². The van der Waals surface area contributed by atoms with E-state index in [0.717, 1.165) is 33.5 Å². The summed E-state index contributed by atoms with van der Waals surface area (Å²) in [6, 6.07) is 23.9. The molecule has 0 fully saturated rings. The van der Waals surface area contributed by atoms with Gasteiger partial charge in [-0.3, -0.25) is 0 Å². The van der Waals surface area contributed by atoms with E-state index < -0.39 is 0 Å². The molecule has 4 aromatic rings. The van der Waals surface area contributed by atoms with Gasteiger partial charge in [0.05, 0.1) is 36.6 Å². The zero-order valence-corrected chi connectivity index (χ0v) is 14.6. The van der Waals surface area contributed by atoms with Crippen LogP contribution in [0.3, 0.4) is 0 Å². The van der Waals surface area contributed by atoms with Crippen LogP contribution in [0, 0.1) is 0 Å². The van der Waals surface area contributed by atoms with Crippen molar-refractivity contribution in [3.63, 3.8) is 0 Å². The zero-order valence-electron chi connectivity index (χ0n) is 14.6. The summed E-state index contributed by atoms with van der Waals surface area (Å²) in [5, 5.41) is 0. The molecule has 0 atom stereocenters. The third kappa shape index (κ3) is 2.86. The third-order valence-corrected chi connectivity index (χ3v) is 4.26. The highest BCUT2D eigenvalue weighted by molar-refractivity contribution is 5.87. The second kappa shape index (κ2) is 6.84. The topological polar surface area (TPSA) is 44.2 Å². The molecule has 4 rings (SSSR count). The first kappa shape index (κ1) is 16.1. The molecule has 26 heavy (non-hydrogen) atoms. The quantitative estimate of drug-likeness (QED) is 0.524. The van der Waals surface area contributed by atoms with E-state index in [9.17, 15) is 0 Å². The van der Waals surface area contributed by atoms with E-state index in [1.165, 1.54) is 0 Å². The summed E-state index contributed by atoms with van der Waals surface area (Å²) in [5.41, 5.74) is 5.27. The summed E-state index contributed by atoms with van der Waals surface area (Å²) in [6.45, 7) is 0. The predicted molar refractivity (Wildman–Crippen MR) is 104 cm³/mol. The summed E-state index contributed by atoms with van der Waals surface area (Å²) in [6.07, 6.45) is 0. The lowest BCUT2D eigenvalue weighted by Gasteiger charge is -2.13. The number of methoxy groups -OCH3 is 2. The maximum atomic E-state index is 5.41. The van der Waals surface area contributed by atoms with Crippen LogP contribution in [0.5, 0.6) is 11.5 Å². The average Bonchev–Trinajstić information content (AvgIpc) is 2.73. The van der Waals surface area contributed by atoms with Gasteiger partial charge in [-0.2, -0.15) is 0 Å². The van der Waals surface area contributed by atoms with E-state index >= 15 is 0 Å². The Hall–Kier alpha value is -3.40. The van der Waals surface area contributed by atoms with Crippen LogP contribution < -0.4 is 9.47 Å². The lowest BCUT2D eigenvalue weighted by molar-refractivity contribution is 0.355. The van der Waals surface area contributed by atoms with Gasteiger partial charge < -0.3 is 9.47 Å². The summed E-state index contributed by atoms with van der Waals surface area (Å²) in [7, 11) is 3.24. The summed E-state index contributed by atoms with van der Waals surface area (Å²) < 4.78 is 10.8. The number of hydrogen-bond donors (Lipinski definition) is 0. The van der Waals surface area contributed by atoms with Gasteiger partial charge in [0.15, 0.2) is 11.5 Å². The Bertz CT molecular complexity index is 962. The second-order valence-corrected chi connectivity index (χ2v) is 5.85. The third-order valence-electron chi connectivity index (χ3n) is 4.26. The predicted octanol–water partition coefficient (Wildman–Crippen LogP) is 4.98. The van der Waals surface area contributed by atoms with Crippen molar-refractivity contribution in [1.82, 2.24) is 9.97 Å². The molecule has 0 N–H and O–H groups in total. The van der Waals surface area contributed by atoms with E-state index in [1.54, 1.807) is 14.2 Å². The first-order valence-electron chi connectivity index (χ1n) is 8.35. The van der Waals surface area contributed by atoms with Crippen molar-refractivity contribution in [3.05, 3.63) is 72.8 Å². The minimum Gasteiger partial charge on any atom is -0.493 e. The lowest BCUT2D eigenvalue weighted by Crippen LogP contribution is -1.97. The van der Waals surface area contributed by atoms with Gasteiger partial charge in [-0.25, -0.2) is 9.97 Å². The average molecular weight is 342 g/mol. The number of aromatic nitrogens is 2. The number of benzene rings is 3. The minimum atomic E-state index is 0.640. The van der Waals surface area contributed by atoms with Crippen molar-refractivity contribution >= 4 is 11.0 Å². The Kier molecular flexibility index (Phi) is 4.23. The molecular formula is C22H18N2O2. The van der Waals surface area contributed by atoms with E-state index in [1.807, 2.05) is 72.8 Å². The van der Waals surface area contributed by atoms with E-state index in [-0.39, 0.29) is 0 Å². The van der Waals surface area contributed by atoms with Crippen molar-refractivity contribution < 1.29 is 9.47 Å². The molecule has 0 saturated carbocycles. The Balaban J connectivity index is 2.03. The van der Waals surface area contributed by atoms with Gasteiger partial charge in [-0.15, -0.1) is 0 Å². The molecule has 128 valence electrons. The van der Waals surface area contributed by atoms with Crippen LogP contribution in [0.1, 0.15) is 0 Å². The maximum Gasteiger partial charge on any atom is 0.163 e. The molecule has 0 aliphatic heterocycles. The second-order valence-electron chi connectivity index (χ2n) is 5.85. The molecular weight excluding hydrogens is 324 g/mol. The SMILES string of the molecule is COc1cc2nc(-c3ccccc3)c(-c3ccccc3)nc2cc1OC. The molecule has 0 radical (unpaired) electrons. The van der Waals surface area contributed by atoms with E-state index in [0.29, 0.717) is 11.5 Å². The molecule has 0 amide bonds. The Labute approximate surface area is 152 Å². The first-order chi connectivity index (χ1) is 12.8.